The largest absolute Gasteiger partial charge is 0.388 e. The molecule has 2 nitrogen and oxygen atoms in total. The van der Waals surface area contributed by atoms with Crippen LogP contribution in [0.5, 0.6) is 0 Å². The van der Waals surface area contributed by atoms with E-state index in [2.05, 4.69) is 4.98 Å². The van der Waals surface area contributed by atoms with Gasteiger partial charge in [0.1, 0.15) is 0 Å². The molecule has 0 bridgehead atoms. The number of aliphatic hydroxyl groups is 1. The highest BCUT2D eigenvalue weighted by Crippen LogP contribution is 2.35. The van der Waals surface area contributed by atoms with Crippen molar-refractivity contribution in [3.8, 4) is 11.1 Å². The predicted molar refractivity (Wildman–Crippen MR) is 72.5 cm³/mol. The molecule has 0 saturated heterocycles. The molecular weight excluding hydrogens is 260 g/mol. The maximum Gasteiger partial charge on any atom is 0.263 e. The summed E-state index contributed by atoms with van der Waals surface area (Å²) in [4.78, 5) is 4.17. The lowest BCUT2D eigenvalue weighted by atomic mass is 9.86. The van der Waals surface area contributed by atoms with Gasteiger partial charge in [-0.15, -0.1) is 0 Å². The van der Waals surface area contributed by atoms with Gasteiger partial charge in [0.15, 0.2) is 0 Å². The van der Waals surface area contributed by atoms with Crippen molar-refractivity contribution < 1.29 is 13.9 Å². The Morgan fingerprint density at radius 2 is 1.90 bits per heavy atom. The third kappa shape index (κ3) is 2.31. The van der Waals surface area contributed by atoms with Crippen LogP contribution >= 0.6 is 0 Å². The topological polar surface area (TPSA) is 33.1 Å². The molecule has 2 aromatic rings. The van der Waals surface area contributed by atoms with Gasteiger partial charge in [0.2, 0.25) is 0 Å². The summed E-state index contributed by atoms with van der Waals surface area (Å²) < 4.78 is 25.2. The van der Waals surface area contributed by atoms with Crippen LogP contribution in [-0.2, 0) is 6.42 Å². The van der Waals surface area contributed by atoms with E-state index in [1.54, 1.807) is 24.5 Å². The second-order valence-electron chi connectivity index (χ2n) is 5.09. The lowest BCUT2D eigenvalue weighted by molar-refractivity contribution is 0.151. The highest BCUT2D eigenvalue weighted by Gasteiger charge is 2.21. The van der Waals surface area contributed by atoms with Crippen molar-refractivity contribution in [1.82, 2.24) is 4.98 Å². The number of aliphatic hydroxyl groups excluding tert-OH is 1. The van der Waals surface area contributed by atoms with Gasteiger partial charge >= 0.3 is 0 Å². The summed E-state index contributed by atoms with van der Waals surface area (Å²) in [6.07, 6.45) is 3.11. The standard InChI is InChI=1S/C16H15F2NO/c17-16(18)11-6-4-10(5-7-11)13-8-19-9-14-12(13)2-1-3-15(14)20/h4-9,15-16,20H,1-3H2. The third-order valence-corrected chi connectivity index (χ3v) is 3.83. The molecule has 104 valence electrons. The number of rotatable bonds is 2. The Labute approximate surface area is 116 Å². The summed E-state index contributed by atoms with van der Waals surface area (Å²) in [5.41, 5.74) is 3.77. The molecule has 1 aromatic carbocycles. The first-order chi connectivity index (χ1) is 9.66. The summed E-state index contributed by atoms with van der Waals surface area (Å²) in [7, 11) is 0. The van der Waals surface area contributed by atoms with Crippen molar-refractivity contribution in [1.29, 1.82) is 0 Å². The minimum atomic E-state index is -2.45. The second kappa shape index (κ2) is 5.29. The maximum absolute atomic E-state index is 12.6. The van der Waals surface area contributed by atoms with E-state index in [1.165, 1.54) is 12.1 Å². The summed E-state index contributed by atoms with van der Waals surface area (Å²) in [5.74, 6) is 0. The Hall–Kier alpha value is -1.81. The molecule has 1 aromatic heterocycles. The number of aromatic nitrogens is 1. The van der Waals surface area contributed by atoms with Crippen molar-refractivity contribution in [3.05, 3.63) is 53.3 Å². The van der Waals surface area contributed by atoms with Gasteiger partial charge in [-0.25, -0.2) is 8.78 Å². The van der Waals surface area contributed by atoms with Gasteiger partial charge in [0.05, 0.1) is 6.10 Å². The molecule has 0 fully saturated rings. The molecular formula is C16H15F2NO. The number of benzene rings is 1. The summed E-state index contributed by atoms with van der Waals surface area (Å²) >= 11 is 0. The molecule has 1 aliphatic rings. The zero-order chi connectivity index (χ0) is 14.1. The molecule has 4 heteroatoms. The molecule has 20 heavy (non-hydrogen) atoms. The van der Waals surface area contributed by atoms with Crippen LogP contribution in [0.4, 0.5) is 8.78 Å². The van der Waals surface area contributed by atoms with Crippen LogP contribution in [0.3, 0.4) is 0 Å². The molecule has 0 aliphatic heterocycles. The molecule has 0 saturated carbocycles. The second-order valence-corrected chi connectivity index (χ2v) is 5.09. The van der Waals surface area contributed by atoms with Gasteiger partial charge in [0, 0.05) is 29.1 Å². The number of hydrogen-bond acceptors (Lipinski definition) is 2. The van der Waals surface area contributed by atoms with Gasteiger partial charge in [-0.2, -0.15) is 0 Å². The van der Waals surface area contributed by atoms with Crippen molar-refractivity contribution >= 4 is 0 Å². The number of fused-ring (bicyclic) bond motifs is 1. The molecule has 0 amide bonds. The molecule has 1 unspecified atom stereocenters. The van der Waals surface area contributed by atoms with E-state index in [-0.39, 0.29) is 5.56 Å². The van der Waals surface area contributed by atoms with Crippen molar-refractivity contribution in [2.45, 2.75) is 31.8 Å². The number of alkyl halides is 2. The Bertz CT molecular complexity index is 610. The average Bonchev–Trinajstić information content (AvgIpc) is 2.47. The van der Waals surface area contributed by atoms with Gasteiger partial charge in [0.25, 0.3) is 6.43 Å². The fraction of sp³-hybridized carbons (Fsp3) is 0.312. The average molecular weight is 275 g/mol. The first kappa shape index (κ1) is 13.2. The van der Waals surface area contributed by atoms with Crippen molar-refractivity contribution in [3.63, 3.8) is 0 Å². The van der Waals surface area contributed by atoms with E-state index in [9.17, 15) is 13.9 Å². The van der Waals surface area contributed by atoms with E-state index in [1.807, 2.05) is 0 Å². The first-order valence-corrected chi connectivity index (χ1v) is 6.70. The van der Waals surface area contributed by atoms with Gasteiger partial charge in [-0.1, -0.05) is 24.3 Å². The summed E-state index contributed by atoms with van der Waals surface area (Å²) in [6, 6.07) is 6.27. The Morgan fingerprint density at radius 3 is 2.60 bits per heavy atom. The quantitative estimate of drug-likeness (QED) is 0.896. The highest BCUT2D eigenvalue weighted by atomic mass is 19.3. The van der Waals surface area contributed by atoms with Crippen LogP contribution < -0.4 is 0 Å². The Kier molecular flexibility index (Phi) is 3.49. The minimum Gasteiger partial charge on any atom is -0.388 e. The fourth-order valence-electron chi connectivity index (χ4n) is 2.75. The Morgan fingerprint density at radius 1 is 1.15 bits per heavy atom. The number of nitrogens with zero attached hydrogens (tertiary/aromatic N) is 1. The Balaban J connectivity index is 2.04. The SMILES string of the molecule is OC1CCCc2c(-c3ccc(C(F)F)cc3)cncc21. The van der Waals surface area contributed by atoms with E-state index in [0.29, 0.717) is 0 Å². The van der Waals surface area contributed by atoms with E-state index in [4.69, 9.17) is 0 Å². The number of halogens is 2. The predicted octanol–water partition coefficient (Wildman–Crippen LogP) is 4.06. The lowest BCUT2D eigenvalue weighted by Crippen LogP contribution is -2.11. The van der Waals surface area contributed by atoms with Gasteiger partial charge in [-0.3, -0.25) is 4.98 Å². The molecule has 1 N–H and O–H groups in total. The van der Waals surface area contributed by atoms with Crippen LogP contribution in [0.25, 0.3) is 11.1 Å². The molecule has 0 radical (unpaired) electrons. The minimum absolute atomic E-state index is 0.0199. The fourth-order valence-corrected chi connectivity index (χ4v) is 2.75. The van der Waals surface area contributed by atoms with Gasteiger partial charge < -0.3 is 5.11 Å². The normalized spacial score (nSPS) is 18.1. The maximum atomic E-state index is 12.6. The molecule has 0 spiro atoms. The third-order valence-electron chi connectivity index (χ3n) is 3.83. The van der Waals surface area contributed by atoms with Crippen LogP contribution in [0, 0.1) is 0 Å². The number of hydrogen-bond donors (Lipinski definition) is 1. The van der Waals surface area contributed by atoms with Crippen LogP contribution in [-0.4, -0.2) is 10.1 Å². The van der Waals surface area contributed by atoms with E-state index in [0.717, 1.165) is 41.5 Å². The smallest absolute Gasteiger partial charge is 0.263 e. The van der Waals surface area contributed by atoms with E-state index < -0.39 is 12.5 Å². The molecule has 1 heterocycles. The van der Waals surface area contributed by atoms with Crippen molar-refractivity contribution in [2.75, 3.05) is 0 Å². The van der Waals surface area contributed by atoms with Crippen LogP contribution in [0.15, 0.2) is 36.7 Å². The van der Waals surface area contributed by atoms with Crippen molar-refractivity contribution in [2.24, 2.45) is 0 Å². The zero-order valence-corrected chi connectivity index (χ0v) is 10.9. The molecule has 1 atom stereocenters. The zero-order valence-electron chi connectivity index (χ0n) is 10.9. The number of pyridine rings is 1. The highest BCUT2D eigenvalue weighted by molar-refractivity contribution is 5.68. The molecule has 3 rings (SSSR count). The summed E-state index contributed by atoms with van der Waals surface area (Å²) in [5, 5.41) is 10.0. The lowest BCUT2D eigenvalue weighted by Gasteiger charge is -2.23. The summed E-state index contributed by atoms with van der Waals surface area (Å²) in [6.45, 7) is 0. The monoisotopic (exact) mass is 275 g/mol. The van der Waals surface area contributed by atoms with Crippen LogP contribution in [0.1, 0.15) is 42.1 Å². The van der Waals surface area contributed by atoms with Crippen LogP contribution in [0.2, 0.25) is 0 Å². The molecule has 1 aliphatic carbocycles. The first-order valence-electron chi connectivity index (χ1n) is 6.70. The van der Waals surface area contributed by atoms with E-state index >= 15 is 0 Å². The van der Waals surface area contributed by atoms with Gasteiger partial charge in [-0.05, 0) is 30.4 Å².